The lowest BCUT2D eigenvalue weighted by Crippen LogP contribution is -2.46. The third-order valence-electron chi connectivity index (χ3n) is 3.51. The summed E-state index contributed by atoms with van der Waals surface area (Å²) in [6, 6.07) is 0. The Morgan fingerprint density at radius 1 is 1.27 bits per heavy atom. The highest BCUT2D eigenvalue weighted by Gasteiger charge is 2.36. The molecule has 1 heterocycles. The summed E-state index contributed by atoms with van der Waals surface area (Å²) in [7, 11) is 4.32. The Labute approximate surface area is 97.9 Å². The van der Waals surface area contributed by atoms with E-state index in [2.05, 4.69) is 37.7 Å². The Hall–Kier alpha value is -0.410. The van der Waals surface area contributed by atoms with Crippen LogP contribution >= 0.6 is 12.2 Å². The molecule has 2 rings (SSSR count). The number of thiocarbonyl (C=S) groups is 1. The van der Waals surface area contributed by atoms with Crippen LogP contribution in [0.4, 0.5) is 0 Å². The summed E-state index contributed by atoms with van der Waals surface area (Å²) in [5.74, 6) is 0. The molecule has 0 spiro atoms. The minimum atomic E-state index is 0.207. The molecule has 15 heavy (non-hydrogen) atoms. The molecule has 0 atom stereocenters. The van der Waals surface area contributed by atoms with Crippen LogP contribution < -0.4 is 0 Å². The van der Waals surface area contributed by atoms with Crippen LogP contribution in [-0.4, -0.2) is 42.0 Å². The van der Waals surface area contributed by atoms with Crippen LogP contribution in [0.3, 0.4) is 0 Å². The second-order valence-corrected chi connectivity index (χ2v) is 5.93. The maximum Gasteiger partial charge on any atom is 0.0704 e. The van der Waals surface area contributed by atoms with Crippen molar-refractivity contribution in [2.75, 3.05) is 27.3 Å². The minimum Gasteiger partial charge on any atom is -0.361 e. The minimum absolute atomic E-state index is 0.207. The molecule has 0 bridgehead atoms. The first-order chi connectivity index (χ1) is 6.92. The van der Waals surface area contributed by atoms with Crippen molar-refractivity contribution in [3.8, 4) is 0 Å². The molecule has 2 nitrogen and oxygen atoms in total. The fourth-order valence-electron chi connectivity index (χ4n) is 2.58. The molecule has 0 saturated heterocycles. The zero-order valence-electron chi connectivity index (χ0n) is 10.1. The van der Waals surface area contributed by atoms with Crippen LogP contribution in [-0.2, 0) is 0 Å². The molecular formula is C12H20N2S. The molecule has 3 heteroatoms. The molecule has 0 amide bonds. The molecule has 0 aromatic heterocycles. The standard InChI is InChI=1S/C12H20N2S/c1-12(2)6-5-9-7-13(3)8-14(4)10(9)11(12)15/h5-8H2,1-4H3. The van der Waals surface area contributed by atoms with Gasteiger partial charge in [0.05, 0.1) is 12.4 Å². The first-order valence-electron chi connectivity index (χ1n) is 5.58. The third-order valence-corrected chi connectivity index (χ3v) is 4.26. The van der Waals surface area contributed by atoms with Gasteiger partial charge in [-0.3, -0.25) is 4.90 Å². The Balaban J connectivity index is 2.38. The smallest absolute Gasteiger partial charge is 0.0704 e. The van der Waals surface area contributed by atoms with E-state index >= 15 is 0 Å². The van der Waals surface area contributed by atoms with Gasteiger partial charge in [-0.05, 0) is 25.5 Å². The van der Waals surface area contributed by atoms with E-state index in [1.807, 2.05) is 0 Å². The average molecular weight is 224 g/mol. The summed E-state index contributed by atoms with van der Waals surface area (Å²) >= 11 is 5.64. The highest BCUT2D eigenvalue weighted by atomic mass is 32.1. The molecule has 0 unspecified atom stereocenters. The summed E-state index contributed by atoms with van der Waals surface area (Å²) in [6.45, 7) is 6.63. The lowest BCUT2D eigenvalue weighted by Gasteiger charge is -2.43. The number of rotatable bonds is 0. The summed E-state index contributed by atoms with van der Waals surface area (Å²) < 4.78 is 0. The molecule has 0 aromatic carbocycles. The maximum absolute atomic E-state index is 5.64. The van der Waals surface area contributed by atoms with Gasteiger partial charge < -0.3 is 4.90 Å². The van der Waals surface area contributed by atoms with Crippen LogP contribution in [0.5, 0.6) is 0 Å². The lowest BCUT2D eigenvalue weighted by molar-refractivity contribution is 0.200. The van der Waals surface area contributed by atoms with Gasteiger partial charge in [-0.1, -0.05) is 26.1 Å². The predicted octanol–water partition coefficient (Wildman–Crippen LogP) is 2.27. The normalized spacial score (nSPS) is 26.9. The van der Waals surface area contributed by atoms with Crippen LogP contribution in [0, 0.1) is 5.41 Å². The first-order valence-corrected chi connectivity index (χ1v) is 5.99. The molecule has 0 radical (unpaired) electrons. The van der Waals surface area contributed by atoms with Gasteiger partial charge in [0.15, 0.2) is 0 Å². The van der Waals surface area contributed by atoms with Gasteiger partial charge in [-0.15, -0.1) is 0 Å². The maximum atomic E-state index is 5.64. The molecule has 0 N–H and O–H groups in total. The van der Waals surface area contributed by atoms with E-state index in [9.17, 15) is 0 Å². The van der Waals surface area contributed by atoms with E-state index < -0.39 is 0 Å². The quantitative estimate of drug-likeness (QED) is 0.583. The van der Waals surface area contributed by atoms with Gasteiger partial charge in [0.2, 0.25) is 0 Å². The van der Waals surface area contributed by atoms with Crippen molar-refractivity contribution in [1.82, 2.24) is 9.80 Å². The molecule has 0 fully saturated rings. The van der Waals surface area contributed by atoms with Crippen LogP contribution in [0.25, 0.3) is 0 Å². The van der Waals surface area contributed by atoms with Gasteiger partial charge in [0.25, 0.3) is 0 Å². The highest BCUT2D eigenvalue weighted by molar-refractivity contribution is 7.81. The second kappa shape index (κ2) is 3.56. The van der Waals surface area contributed by atoms with E-state index in [-0.39, 0.29) is 5.41 Å². The van der Waals surface area contributed by atoms with Crippen molar-refractivity contribution in [3.63, 3.8) is 0 Å². The molecule has 0 saturated carbocycles. The first kappa shape index (κ1) is 11.1. The zero-order chi connectivity index (χ0) is 11.2. The van der Waals surface area contributed by atoms with Gasteiger partial charge in [-0.25, -0.2) is 0 Å². The molecule has 1 aliphatic carbocycles. The Kier molecular flexibility index (Phi) is 2.63. The van der Waals surface area contributed by atoms with E-state index in [1.165, 1.54) is 29.0 Å². The van der Waals surface area contributed by atoms with E-state index in [0.717, 1.165) is 13.2 Å². The Morgan fingerprint density at radius 3 is 2.60 bits per heavy atom. The number of likely N-dealkylation sites (N-methyl/N-ethyl adjacent to an activating group) is 1. The monoisotopic (exact) mass is 224 g/mol. The van der Waals surface area contributed by atoms with Crippen LogP contribution in [0.15, 0.2) is 11.3 Å². The van der Waals surface area contributed by atoms with Crippen molar-refractivity contribution in [3.05, 3.63) is 11.3 Å². The molecule has 2 aliphatic rings. The van der Waals surface area contributed by atoms with Crippen LogP contribution in [0.1, 0.15) is 26.7 Å². The average Bonchev–Trinajstić information content (AvgIpc) is 2.11. The third kappa shape index (κ3) is 1.83. The Bertz CT molecular complexity index is 331. The Morgan fingerprint density at radius 2 is 1.93 bits per heavy atom. The van der Waals surface area contributed by atoms with Crippen LogP contribution in [0.2, 0.25) is 0 Å². The number of nitrogens with zero attached hydrogens (tertiary/aromatic N) is 2. The second-order valence-electron chi connectivity index (χ2n) is 5.52. The molecular weight excluding hydrogens is 204 g/mol. The molecule has 1 aliphatic heterocycles. The molecule has 0 aromatic rings. The predicted molar refractivity (Wildman–Crippen MR) is 67.9 cm³/mol. The SMILES string of the molecule is CN1CC2=C(C(=S)C(C)(C)CC2)N(C)C1. The number of hydrogen-bond acceptors (Lipinski definition) is 3. The van der Waals surface area contributed by atoms with Gasteiger partial charge in [0, 0.05) is 23.9 Å². The largest absolute Gasteiger partial charge is 0.361 e. The van der Waals surface area contributed by atoms with Gasteiger partial charge in [-0.2, -0.15) is 0 Å². The van der Waals surface area contributed by atoms with Crippen molar-refractivity contribution in [2.24, 2.45) is 5.41 Å². The van der Waals surface area contributed by atoms with Crippen molar-refractivity contribution in [1.29, 1.82) is 0 Å². The van der Waals surface area contributed by atoms with Crippen molar-refractivity contribution >= 4 is 17.1 Å². The highest BCUT2D eigenvalue weighted by Crippen LogP contribution is 2.39. The van der Waals surface area contributed by atoms with Crippen molar-refractivity contribution < 1.29 is 0 Å². The summed E-state index contributed by atoms with van der Waals surface area (Å²) in [5.41, 5.74) is 3.10. The molecule has 84 valence electrons. The van der Waals surface area contributed by atoms with Gasteiger partial charge >= 0.3 is 0 Å². The fraction of sp³-hybridized carbons (Fsp3) is 0.750. The van der Waals surface area contributed by atoms with E-state index in [1.54, 1.807) is 0 Å². The number of hydrogen-bond donors (Lipinski definition) is 0. The topological polar surface area (TPSA) is 6.48 Å². The summed E-state index contributed by atoms with van der Waals surface area (Å²) in [4.78, 5) is 5.82. The lowest BCUT2D eigenvalue weighted by atomic mass is 9.75. The summed E-state index contributed by atoms with van der Waals surface area (Å²) in [6.07, 6.45) is 2.41. The van der Waals surface area contributed by atoms with Gasteiger partial charge in [0.1, 0.15) is 0 Å². The zero-order valence-corrected chi connectivity index (χ0v) is 10.9. The summed E-state index contributed by atoms with van der Waals surface area (Å²) in [5, 5.41) is 0. The van der Waals surface area contributed by atoms with Crippen molar-refractivity contribution in [2.45, 2.75) is 26.7 Å². The number of allylic oxidation sites excluding steroid dienone is 1. The van der Waals surface area contributed by atoms with E-state index in [4.69, 9.17) is 12.2 Å². The van der Waals surface area contributed by atoms with E-state index in [0.29, 0.717) is 0 Å². The fourth-order valence-corrected chi connectivity index (χ4v) is 2.98.